The van der Waals surface area contributed by atoms with Crippen molar-refractivity contribution in [2.45, 2.75) is 0 Å². The van der Waals surface area contributed by atoms with Gasteiger partial charge in [-0.05, 0) is 47.5 Å². The van der Waals surface area contributed by atoms with E-state index in [0.717, 1.165) is 0 Å². The third kappa shape index (κ3) is 3.87. The lowest BCUT2D eigenvalue weighted by Crippen LogP contribution is -1.99. The number of aromatic hydroxyl groups is 4. The first-order valence-corrected chi connectivity index (χ1v) is 7.30. The molecular weight excluding hydrogens is 340 g/mol. The molecule has 0 saturated carbocycles. The average molecular weight is 354 g/mol. The minimum atomic E-state index is -0.252. The van der Waals surface area contributed by atoms with Gasteiger partial charge in [0.25, 0.3) is 5.95 Å². The highest BCUT2D eigenvalue weighted by atomic mass is 16.3. The fourth-order valence-electron chi connectivity index (χ4n) is 1.92. The summed E-state index contributed by atoms with van der Waals surface area (Å²) in [6.07, 6.45) is 4.20. The smallest absolute Gasteiger partial charge is 0.265 e. The summed E-state index contributed by atoms with van der Waals surface area (Å²) in [6.45, 7) is 0. The molecule has 0 spiro atoms. The molecule has 10 nitrogen and oxygen atoms in total. The topological polar surface area (TPSA) is 148 Å². The number of nitrogens with one attached hydrogen (secondary N) is 1. The van der Waals surface area contributed by atoms with Crippen molar-refractivity contribution in [3.63, 3.8) is 0 Å². The molecule has 1 aromatic heterocycles. The SMILES string of the molecule is Oc1ccc(C=NNc2nncn2N=Cc2ccc(O)c(O)c2)cc1O. The first-order chi connectivity index (χ1) is 12.5. The Bertz CT molecular complexity index is 983. The maximum atomic E-state index is 9.46. The van der Waals surface area contributed by atoms with E-state index in [1.54, 1.807) is 12.1 Å². The second kappa shape index (κ2) is 7.21. The minimum absolute atomic E-state index is 0.218. The number of benzene rings is 2. The van der Waals surface area contributed by atoms with E-state index in [1.807, 2.05) is 0 Å². The van der Waals surface area contributed by atoms with Crippen LogP contribution in [0, 0.1) is 0 Å². The molecule has 0 fully saturated rings. The Hall–Kier alpha value is -4.08. The quantitative estimate of drug-likeness (QED) is 0.264. The Morgan fingerprint density at radius 2 is 1.46 bits per heavy atom. The first-order valence-electron chi connectivity index (χ1n) is 7.30. The van der Waals surface area contributed by atoms with Crippen LogP contribution in [-0.2, 0) is 0 Å². The van der Waals surface area contributed by atoms with E-state index in [4.69, 9.17) is 0 Å². The summed E-state index contributed by atoms with van der Waals surface area (Å²) in [6, 6.07) is 8.54. The molecule has 5 N–H and O–H groups in total. The Kier molecular flexibility index (Phi) is 4.65. The van der Waals surface area contributed by atoms with Gasteiger partial charge in [-0.15, -0.1) is 10.2 Å². The molecule has 10 heteroatoms. The molecule has 0 aliphatic carbocycles. The summed E-state index contributed by atoms with van der Waals surface area (Å²) in [5.41, 5.74) is 3.76. The van der Waals surface area contributed by atoms with Gasteiger partial charge in [0.2, 0.25) is 0 Å². The fraction of sp³-hybridized carbons (Fsp3) is 0. The molecule has 0 atom stereocenters. The standard InChI is InChI=1S/C16H14N6O4/c23-12-3-1-10(5-14(12)25)7-17-20-16-21-18-9-22(16)19-8-11-2-4-13(24)15(26)6-11/h1-9,23-26H,(H,20,21). The summed E-state index contributed by atoms with van der Waals surface area (Å²) in [4.78, 5) is 0. The molecule has 3 aromatic rings. The predicted molar refractivity (Wildman–Crippen MR) is 93.8 cm³/mol. The number of hydrogen-bond acceptors (Lipinski definition) is 9. The maximum absolute atomic E-state index is 9.46. The van der Waals surface area contributed by atoms with Gasteiger partial charge in [0.15, 0.2) is 23.0 Å². The van der Waals surface area contributed by atoms with Gasteiger partial charge in [0, 0.05) is 0 Å². The normalized spacial score (nSPS) is 11.4. The molecule has 0 saturated heterocycles. The van der Waals surface area contributed by atoms with Crippen LogP contribution in [0.4, 0.5) is 5.95 Å². The van der Waals surface area contributed by atoms with Gasteiger partial charge in [-0.25, -0.2) is 5.43 Å². The van der Waals surface area contributed by atoms with Gasteiger partial charge in [-0.2, -0.15) is 14.9 Å². The average Bonchev–Trinajstić information content (AvgIpc) is 3.06. The van der Waals surface area contributed by atoms with Crippen molar-refractivity contribution in [1.29, 1.82) is 0 Å². The molecule has 0 aliphatic heterocycles. The monoisotopic (exact) mass is 354 g/mol. The van der Waals surface area contributed by atoms with Crippen molar-refractivity contribution < 1.29 is 20.4 Å². The van der Waals surface area contributed by atoms with E-state index in [-0.39, 0.29) is 28.9 Å². The van der Waals surface area contributed by atoms with E-state index in [2.05, 4.69) is 25.8 Å². The van der Waals surface area contributed by atoms with Gasteiger partial charge in [-0.1, -0.05) is 0 Å². The van der Waals surface area contributed by atoms with Crippen molar-refractivity contribution >= 4 is 18.4 Å². The van der Waals surface area contributed by atoms with E-state index in [0.29, 0.717) is 11.1 Å². The molecule has 26 heavy (non-hydrogen) atoms. The molecule has 0 unspecified atom stereocenters. The second-order valence-electron chi connectivity index (χ2n) is 5.11. The van der Waals surface area contributed by atoms with Gasteiger partial charge in [0.05, 0.1) is 12.4 Å². The van der Waals surface area contributed by atoms with Gasteiger partial charge >= 0.3 is 0 Å². The van der Waals surface area contributed by atoms with E-state index in [9.17, 15) is 20.4 Å². The lowest BCUT2D eigenvalue weighted by Gasteiger charge is -2.01. The molecule has 0 aliphatic rings. The van der Waals surface area contributed by atoms with E-state index in [1.165, 1.54) is 47.7 Å². The van der Waals surface area contributed by atoms with Crippen LogP contribution in [0.5, 0.6) is 23.0 Å². The number of aromatic nitrogens is 3. The predicted octanol–water partition coefficient (Wildman–Crippen LogP) is 1.43. The number of hydrazone groups is 1. The molecule has 3 rings (SSSR count). The highest BCUT2D eigenvalue weighted by Gasteiger charge is 2.02. The summed E-state index contributed by atoms with van der Waals surface area (Å²) in [5, 5.41) is 53.1. The van der Waals surface area contributed by atoms with Crippen LogP contribution in [-0.4, -0.2) is 47.7 Å². The lowest BCUT2D eigenvalue weighted by atomic mass is 10.2. The van der Waals surface area contributed by atoms with E-state index >= 15 is 0 Å². The van der Waals surface area contributed by atoms with Crippen molar-refractivity contribution in [3.05, 3.63) is 53.9 Å². The van der Waals surface area contributed by atoms with Crippen molar-refractivity contribution in [3.8, 4) is 23.0 Å². The highest BCUT2D eigenvalue weighted by Crippen LogP contribution is 2.24. The molecule has 0 radical (unpaired) electrons. The van der Waals surface area contributed by atoms with Gasteiger partial charge < -0.3 is 20.4 Å². The zero-order chi connectivity index (χ0) is 18.5. The van der Waals surface area contributed by atoms with Crippen LogP contribution in [0.1, 0.15) is 11.1 Å². The number of rotatable bonds is 5. The van der Waals surface area contributed by atoms with Gasteiger partial charge in [-0.3, -0.25) is 0 Å². The largest absolute Gasteiger partial charge is 0.504 e. The second-order valence-corrected chi connectivity index (χ2v) is 5.11. The van der Waals surface area contributed by atoms with Crippen LogP contribution in [0.15, 0.2) is 52.9 Å². The molecule has 0 bridgehead atoms. The summed E-state index contributed by atoms with van der Waals surface area (Å²) in [5.74, 6) is -0.715. The zero-order valence-electron chi connectivity index (χ0n) is 13.2. The first kappa shape index (κ1) is 16.8. The molecule has 2 aromatic carbocycles. The minimum Gasteiger partial charge on any atom is -0.504 e. The van der Waals surface area contributed by atoms with Crippen molar-refractivity contribution in [2.75, 3.05) is 5.43 Å². The lowest BCUT2D eigenvalue weighted by molar-refractivity contribution is 0.403. The van der Waals surface area contributed by atoms with Crippen molar-refractivity contribution in [2.24, 2.45) is 10.2 Å². The van der Waals surface area contributed by atoms with Gasteiger partial charge in [0.1, 0.15) is 6.33 Å². The number of anilines is 1. The Balaban J connectivity index is 1.70. The number of phenols is 4. The van der Waals surface area contributed by atoms with Crippen LogP contribution in [0.2, 0.25) is 0 Å². The Morgan fingerprint density at radius 3 is 2.08 bits per heavy atom. The summed E-state index contributed by atoms with van der Waals surface area (Å²) < 4.78 is 1.32. The molecular formula is C16H14N6O4. The third-order valence-corrected chi connectivity index (χ3v) is 3.24. The summed E-state index contributed by atoms with van der Waals surface area (Å²) >= 11 is 0. The van der Waals surface area contributed by atoms with Crippen molar-refractivity contribution in [1.82, 2.24) is 14.9 Å². The number of nitrogens with zero attached hydrogens (tertiary/aromatic N) is 5. The highest BCUT2D eigenvalue weighted by molar-refractivity contribution is 5.81. The molecule has 132 valence electrons. The van der Waals surface area contributed by atoms with Crippen LogP contribution in [0.25, 0.3) is 0 Å². The van der Waals surface area contributed by atoms with E-state index < -0.39 is 0 Å². The fourth-order valence-corrected chi connectivity index (χ4v) is 1.92. The van der Waals surface area contributed by atoms with Crippen LogP contribution < -0.4 is 5.43 Å². The van der Waals surface area contributed by atoms with Crippen LogP contribution >= 0.6 is 0 Å². The zero-order valence-corrected chi connectivity index (χ0v) is 13.2. The molecule has 0 amide bonds. The maximum Gasteiger partial charge on any atom is 0.265 e. The Morgan fingerprint density at radius 1 is 0.846 bits per heavy atom. The van der Waals surface area contributed by atoms with Crippen LogP contribution in [0.3, 0.4) is 0 Å². The Labute approximate surface area is 147 Å². The number of hydrogen-bond donors (Lipinski definition) is 5. The third-order valence-electron chi connectivity index (χ3n) is 3.24. The molecule has 1 heterocycles. The number of phenolic OH excluding ortho intramolecular Hbond substituents is 4. The summed E-state index contributed by atoms with van der Waals surface area (Å²) in [7, 11) is 0.